The number of aliphatic hydroxyl groups is 1. The Hall–Kier alpha value is -0.900. The Bertz CT molecular complexity index is 448. The molecule has 104 valence electrons. The summed E-state index contributed by atoms with van der Waals surface area (Å²) < 4.78 is 0. The third-order valence-corrected chi connectivity index (χ3v) is 4.15. The zero-order valence-corrected chi connectivity index (χ0v) is 11.9. The molecular formula is C15H20ClNO2. The maximum Gasteiger partial charge on any atom is 0.165 e. The van der Waals surface area contributed by atoms with Gasteiger partial charge in [0.25, 0.3) is 0 Å². The lowest BCUT2D eigenvalue weighted by atomic mass is 10.0. The molecule has 1 N–H and O–H groups in total. The summed E-state index contributed by atoms with van der Waals surface area (Å²) in [6.07, 6.45) is 1.23. The van der Waals surface area contributed by atoms with Crippen LogP contribution >= 0.6 is 11.6 Å². The molecule has 2 atom stereocenters. The first-order valence-electron chi connectivity index (χ1n) is 6.76. The van der Waals surface area contributed by atoms with Crippen LogP contribution in [0.1, 0.15) is 30.1 Å². The Morgan fingerprint density at radius 1 is 1.53 bits per heavy atom. The smallest absolute Gasteiger partial charge is 0.165 e. The van der Waals surface area contributed by atoms with E-state index in [1.807, 2.05) is 19.1 Å². The van der Waals surface area contributed by atoms with Gasteiger partial charge in [0.15, 0.2) is 5.78 Å². The number of likely N-dealkylation sites (tertiary alicyclic amines) is 1. The summed E-state index contributed by atoms with van der Waals surface area (Å²) in [6, 6.07) is 7.17. The second-order valence-corrected chi connectivity index (χ2v) is 5.65. The van der Waals surface area contributed by atoms with E-state index in [1.165, 1.54) is 0 Å². The number of rotatable bonds is 5. The molecule has 0 bridgehead atoms. The molecular weight excluding hydrogens is 262 g/mol. The van der Waals surface area contributed by atoms with E-state index < -0.39 is 0 Å². The van der Waals surface area contributed by atoms with Crippen LogP contribution in [0, 0.1) is 5.92 Å². The van der Waals surface area contributed by atoms with Crippen LogP contribution in [0.5, 0.6) is 0 Å². The quantitative estimate of drug-likeness (QED) is 0.844. The van der Waals surface area contributed by atoms with Gasteiger partial charge in [0, 0.05) is 25.1 Å². The van der Waals surface area contributed by atoms with Crippen molar-refractivity contribution in [1.29, 1.82) is 0 Å². The topological polar surface area (TPSA) is 40.5 Å². The number of hydrogen-bond donors (Lipinski definition) is 1. The zero-order chi connectivity index (χ0) is 13.8. The lowest BCUT2D eigenvalue weighted by molar-refractivity contribution is 0.0963. The van der Waals surface area contributed by atoms with Gasteiger partial charge in [-0.3, -0.25) is 4.79 Å². The van der Waals surface area contributed by atoms with E-state index in [4.69, 9.17) is 11.6 Å². The lowest BCUT2D eigenvalue weighted by Crippen LogP contribution is -2.26. The number of Topliss-reactive ketones (excluding diaryl/α,β-unsaturated/α-hetero) is 1. The van der Waals surface area contributed by atoms with E-state index in [9.17, 15) is 9.90 Å². The number of ketones is 1. The predicted octanol–water partition coefficient (Wildman–Crippen LogP) is 2.62. The first kappa shape index (κ1) is 14.5. The van der Waals surface area contributed by atoms with Gasteiger partial charge in [-0.2, -0.15) is 0 Å². The largest absolute Gasteiger partial charge is 0.393 e. The van der Waals surface area contributed by atoms with Gasteiger partial charge >= 0.3 is 0 Å². The van der Waals surface area contributed by atoms with Crippen molar-refractivity contribution < 1.29 is 9.90 Å². The standard InChI is InChI=1S/C15H20ClNO2/c1-11(18)12-6-8-17(10-12)9-7-15(19)13-4-2-3-5-14(13)16/h2-5,11-12,18H,6-10H2,1H3. The molecule has 1 aromatic carbocycles. The third-order valence-electron chi connectivity index (χ3n) is 3.82. The molecule has 0 saturated carbocycles. The Labute approximate surface area is 119 Å². The average molecular weight is 282 g/mol. The van der Waals surface area contributed by atoms with Gasteiger partial charge in [-0.25, -0.2) is 0 Å². The minimum Gasteiger partial charge on any atom is -0.393 e. The van der Waals surface area contributed by atoms with Gasteiger partial charge in [0.1, 0.15) is 0 Å². The van der Waals surface area contributed by atoms with E-state index in [1.54, 1.807) is 12.1 Å². The summed E-state index contributed by atoms with van der Waals surface area (Å²) in [5, 5.41) is 10.1. The van der Waals surface area contributed by atoms with Crippen molar-refractivity contribution in [1.82, 2.24) is 4.90 Å². The van der Waals surface area contributed by atoms with Crippen LogP contribution in [0.25, 0.3) is 0 Å². The van der Waals surface area contributed by atoms with Gasteiger partial charge < -0.3 is 10.0 Å². The fraction of sp³-hybridized carbons (Fsp3) is 0.533. The number of nitrogens with zero attached hydrogens (tertiary/aromatic N) is 1. The number of aliphatic hydroxyl groups excluding tert-OH is 1. The Morgan fingerprint density at radius 2 is 2.26 bits per heavy atom. The maximum absolute atomic E-state index is 12.1. The molecule has 1 heterocycles. The molecule has 0 aromatic heterocycles. The molecule has 0 amide bonds. The van der Waals surface area contributed by atoms with Crippen LogP contribution in [-0.2, 0) is 0 Å². The number of halogens is 1. The Morgan fingerprint density at radius 3 is 2.89 bits per heavy atom. The summed E-state index contributed by atoms with van der Waals surface area (Å²) in [5.74, 6) is 0.432. The molecule has 19 heavy (non-hydrogen) atoms. The molecule has 3 nitrogen and oxygen atoms in total. The van der Waals surface area contributed by atoms with Crippen LogP contribution in [0.15, 0.2) is 24.3 Å². The Kier molecular flexibility index (Phi) is 4.97. The minimum atomic E-state index is -0.260. The summed E-state index contributed by atoms with van der Waals surface area (Å²) in [7, 11) is 0. The van der Waals surface area contributed by atoms with Gasteiger partial charge in [-0.15, -0.1) is 0 Å². The number of carbonyl (C=O) groups excluding carboxylic acids is 1. The zero-order valence-electron chi connectivity index (χ0n) is 11.2. The van der Waals surface area contributed by atoms with Crippen molar-refractivity contribution in [2.24, 2.45) is 5.92 Å². The van der Waals surface area contributed by atoms with Gasteiger partial charge in [0.2, 0.25) is 0 Å². The average Bonchev–Trinajstić information content (AvgIpc) is 2.85. The fourth-order valence-electron chi connectivity index (χ4n) is 2.54. The highest BCUT2D eigenvalue weighted by Crippen LogP contribution is 2.21. The van der Waals surface area contributed by atoms with E-state index in [2.05, 4.69) is 4.90 Å². The van der Waals surface area contributed by atoms with Crippen molar-refractivity contribution in [3.05, 3.63) is 34.9 Å². The molecule has 2 rings (SSSR count). The highest BCUT2D eigenvalue weighted by atomic mass is 35.5. The molecule has 1 saturated heterocycles. The minimum absolute atomic E-state index is 0.0890. The lowest BCUT2D eigenvalue weighted by Gasteiger charge is -2.16. The second kappa shape index (κ2) is 6.51. The van der Waals surface area contributed by atoms with E-state index >= 15 is 0 Å². The molecule has 2 unspecified atom stereocenters. The number of hydrogen-bond acceptors (Lipinski definition) is 3. The molecule has 4 heteroatoms. The van der Waals surface area contributed by atoms with E-state index in [-0.39, 0.29) is 11.9 Å². The van der Waals surface area contributed by atoms with Crippen molar-refractivity contribution >= 4 is 17.4 Å². The van der Waals surface area contributed by atoms with Gasteiger partial charge in [0.05, 0.1) is 11.1 Å². The Balaban J connectivity index is 1.84. The van der Waals surface area contributed by atoms with Crippen LogP contribution in [0.4, 0.5) is 0 Å². The van der Waals surface area contributed by atoms with Crippen molar-refractivity contribution in [2.75, 3.05) is 19.6 Å². The first-order valence-corrected chi connectivity index (χ1v) is 7.14. The first-order chi connectivity index (χ1) is 9.08. The van der Waals surface area contributed by atoms with Crippen LogP contribution < -0.4 is 0 Å². The van der Waals surface area contributed by atoms with E-state index in [0.717, 1.165) is 26.1 Å². The highest BCUT2D eigenvalue weighted by Gasteiger charge is 2.26. The van der Waals surface area contributed by atoms with Crippen LogP contribution in [0.3, 0.4) is 0 Å². The van der Waals surface area contributed by atoms with Crippen molar-refractivity contribution in [2.45, 2.75) is 25.9 Å². The van der Waals surface area contributed by atoms with Crippen LogP contribution in [-0.4, -0.2) is 41.5 Å². The third kappa shape index (κ3) is 3.78. The number of benzene rings is 1. The number of carbonyl (C=O) groups is 1. The normalized spacial score (nSPS) is 21.5. The summed E-state index contributed by atoms with van der Waals surface area (Å²) in [6.45, 7) is 4.43. The molecule has 0 aliphatic carbocycles. The predicted molar refractivity (Wildman–Crippen MR) is 76.6 cm³/mol. The summed E-state index contributed by atoms with van der Waals surface area (Å²) in [4.78, 5) is 14.3. The fourth-order valence-corrected chi connectivity index (χ4v) is 2.78. The molecule has 1 aromatic rings. The molecule has 0 radical (unpaired) electrons. The summed E-state index contributed by atoms with van der Waals surface area (Å²) >= 11 is 6.01. The van der Waals surface area contributed by atoms with Gasteiger partial charge in [-0.1, -0.05) is 23.7 Å². The van der Waals surface area contributed by atoms with E-state index in [0.29, 0.717) is 22.9 Å². The van der Waals surface area contributed by atoms with Crippen molar-refractivity contribution in [3.8, 4) is 0 Å². The maximum atomic E-state index is 12.1. The summed E-state index contributed by atoms with van der Waals surface area (Å²) in [5.41, 5.74) is 0.607. The molecule has 1 fully saturated rings. The van der Waals surface area contributed by atoms with Crippen LogP contribution in [0.2, 0.25) is 5.02 Å². The highest BCUT2D eigenvalue weighted by molar-refractivity contribution is 6.33. The molecule has 1 aliphatic heterocycles. The molecule has 0 spiro atoms. The SMILES string of the molecule is CC(O)C1CCN(CCC(=O)c2ccccc2Cl)C1. The van der Waals surface area contributed by atoms with Gasteiger partial charge in [-0.05, 0) is 37.9 Å². The van der Waals surface area contributed by atoms with Crippen molar-refractivity contribution in [3.63, 3.8) is 0 Å². The monoisotopic (exact) mass is 281 g/mol. The second-order valence-electron chi connectivity index (χ2n) is 5.24. The molecule has 1 aliphatic rings.